The third-order valence-corrected chi connectivity index (χ3v) is 3.67. The van der Waals surface area contributed by atoms with Crippen LogP contribution in [0.15, 0.2) is 43.0 Å². The van der Waals surface area contributed by atoms with Crippen molar-refractivity contribution in [3.8, 4) is 0 Å². The number of hydrogen-bond acceptors (Lipinski definition) is 1. The Balaban J connectivity index is 2.18. The number of carboxylic acids is 1. The van der Waals surface area contributed by atoms with Gasteiger partial charge in [0, 0.05) is 0 Å². The minimum Gasteiger partial charge on any atom is -0.481 e. The molecule has 1 N–H and O–H groups in total. The van der Waals surface area contributed by atoms with Gasteiger partial charge in [0.1, 0.15) is 0 Å². The molecule has 3 atom stereocenters. The van der Waals surface area contributed by atoms with Crippen molar-refractivity contribution in [2.45, 2.75) is 19.3 Å². The van der Waals surface area contributed by atoms with E-state index in [0.717, 1.165) is 6.42 Å². The molecule has 3 unspecified atom stereocenters. The molecule has 0 amide bonds. The van der Waals surface area contributed by atoms with Crippen LogP contribution >= 0.6 is 0 Å². The summed E-state index contributed by atoms with van der Waals surface area (Å²) in [7, 11) is 0. The third-order valence-electron chi connectivity index (χ3n) is 3.67. The SMILES string of the molecule is C=CC(C)(C(=O)O)C1CC1c1ccccc1. The molecule has 16 heavy (non-hydrogen) atoms. The van der Waals surface area contributed by atoms with Gasteiger partial charge >= 0.3 is 5.97 Å². The molecule has 0 radical (unpaired) electrons. The van der Waals surface area contributed by atoms with Crippen LogP contribution < -0.4 is 0 Å². The zero-order valence-electron chi connectivity index (χ0n) is 9.39. The van der Waals surface area contributed by atoms with Gasteiger partial charge in [-0.3, -0.25) is 4.79 Å². The molecule has 1 aromatic carbocycles. The Morgan fingerprint density at radius 2 is 2.12 bits per heavy atom. The van der Waals surface area contributed by atoms with Crippen molar-refractivity contribution in [1.29, 1.82) is 0 Å². The first-order chi connectivity index (χ1) is 7.59. The van der Waals surface area contributed by atoms with Gasteiger partial charge in [-0.25, -0.2) is 0 Å². The van der Waals surface area contributed by atoms with Crippen molar-refractivity contribution in [3.63, 3.8) is 0 Å². The lowest BCUT2D eigenvalue weighted by atomic mass is 9.83. The molecule has 0 saturated heterocycles. The first-order valence-corrected chi connectivity index (χ1v) is 5.51. The van der Waals surface area contributed by atoms with E-state index in [9.17, 15) is 9.90 Å². The molecular weight excluding hydrogens is 200 g/mol. The molecule has 0 aliphatic heterocycles. The van der Waals surface area contributed by atoms with Gasteiger partial charge in [-0.2, -0.15) is 0 Å². The highest BCUT2D eigenvalue weighted by Crippen LogP contribution is 2.57. The van der Waals surface area contributed by atoms with E-state index in [1.54, 1.807) is 13.0 Å². The van der Waals surface area contributed by atoms with E-state index in [2.05, 4.69) is 18.7 Å². The van der Waals surface area contributed by atoms with Crippen molar-refractivity contribution in [2.24, 2.45) is 11.3 Å². The van der Waals surface area contributed by atoms with Crippen molar-refractivity contribution >= 4 is 5.97 Å². The second kappa shape index (κ2) is 3.78. The smallest absolute Gasteiger partial charge is 0.313 e. The van der Waals surface area contributed by atoms with E-state index >= 15 is 0 Å². The maximum atomic E-state index is 11.2. The fraction of sp³-hybridized carbons (Fsp3) is 0.357. The molecule has 2 heteroatoms. The molecule has 1 aliphatic rings. The molecule has 1 fully saturated rings. The van der Waals surface area contributed by atoms with Crippen LogP contribution in [0.5, 0.6) is 0 Å². The van der Waals surface area contributed by atoms with Gasteiger partial charge in [-0.1, -0.05) is 36.4 Å². The minimum atomic E-state index is -0.791. The first kappa shape index (κ1) is 10.9. The molecule has 1 aliphatic carbocycles. The van der Waals surface area contributed by atoms with Crippen molar-refractivity contribution in [3.05, 3.63) is 48.6 Å². The van der Waals surface area contributed by atoms with E-state index in [1.165, 1.54) is 5.56 Å². The van der Waals surface area contributed by atoms with E-state index in [-0.39, 0.29) is 5.92 Å². The average molecular weight is 216 g/mol. The molecule has 2 rings (SSSR count). The van der Waals surface area contributed by atoms with Crippen molar-refractivity contribution < 1.29 is 9.90 Å². The van der Waals surface area contributed by atoms with E-state index in [1.807, 2.05) is 18.2 Å². The highest BCUT2D eigenvalue weighted by molar-refractivity contribution is 5.77. The summed E-state index contributed by atoms with van der Waals surface area (Å²) in [5.74, 6) is -0.212. The molecule has 1 aromatic rings. The number of rotatable bonds is 4. The molecule has 0 spiro atoms. The average Bonchev–Trinajstić information content (AvgIpc) is 3.09. The van der Waals surface area contributed by atoms with Gasteiger partial charge in [-0.15, -0.1) is 6.58 Å². The van der Waals surface area contributed by atoms with Crippen LogP contribution in [0.4, 0.5) is 0 Å². The second-order valence-electron chi connectivity index (χ2n) is 4.65. The van der Waals surface area contributed by atoms with Crippen LogP contribution in [-0.4, -0.2) is 11.1 Å². The number of carbonyl (C=O) groups is 1. The quantitative estimate of drug-likeness (QED) is 0.785. The first-order valence-electron chi connectivity index (χ1n) is 5.51. The zero-order valence-corrected chi connectivity index (χ0v) is 9.39. The predicted molar refractivity (Wildman–Crippen MR) is 63.2 cm³/mol. The Labute approximate surface area is 95.6 Å². The summed E-state index contributed by atoms with van der Waals surface area (Å²) in [6.45, 7) is 5.42. The van der Waals surface area contributed by atoms with Crippen LogP contribution in [-0.2, 0) is 4.79 Å². The Bertz CT molecular complexity index is 410. The minimum absolute atomic E-state index is 0.185. The molecule has 0 bridgehead atoms. The normalized spacial score (nSPS) is 26.8. The van der Waals surface area contributed by atoms with Gasteiger partial charge in [0.15, 0.2) is 0 Å². The maximum Gasteiger partial charge on any atom is 0.313 e. The van der Waals surface area contributed by atoms with E-state index in [0.29, 0.717) is 5.92 Å². The number of carboxylic acid groups (broad SMARTS) is 1. The highest BCUT2D eigenvalue weighted by Gasteiger charge is 2.53. The number of hydrogen-bond donors (Lipinski definition) is 1. The molecule has 0 aromatic heterocycles. The largest absolute Gasteiger partial charge is 0.481 e. The topological polar surface area (TPSA) is 37.3 Å². The van der Waals surface area contributed by atoms with Gasteiger partial charge in [0.2, 0.25) is 0 Å². The highest BCUT2D eigenvalue weighted by atomic mass is 16.4. The Morgan fingerprint density at radius 3 is 2.62 bits per heavy atom. The fourth-order valence-corrected chi connectivity index (χ4v) is 2.32. The van der Waals surface area contributed by atoms with Gasteiger partial charge < -0.3 is 5.11 Å². The Hall–Kier alpha value is -1.57. The lowest BCUT2D eigenvalue weighted by Gasteiger charge is -2.20. The van der Waals surface area contributed by atoms with Gasteiger partial charge in [0.05, 0.1) is 5.41 Å². The fourth-order valence-electron chi connectivity index (χ4n) is 2.32. The van der Waals surface area contributed by atoms with Crippen LogP contribution in [0, 0.1) is 11.3 Å². The molecule has 2 nitrogen and oxygen atoms in total. The van der Waals surface area contributed by atoms with E-state index < -0.39 is 11.4 Å². The summed E-state index contributed by atoms with van der Waals surface area (Å²) >= 11 is 0. The van der Waals surface area contributed by atoms with Crippen molar-refractivity contribution in [2.75, 3.05) is 0 Å². The summed E-state index contributed by atoms with van der Waals surface area (Å²) in [5, 5.41) is 9.24. The summed E-state index contributed by atoms with van der Waals surface area (Å²) in [5.41, 5.74) is 0.447. The monoisotopic (exact) mass is 216 g/mol. The van der Waals surface area contributed by atoms with Crippen LogP contribution in [0.25, 0.3) is 0 Å². The Morgan fingerprint density at radius 1 is 1.50 bits per heavy atom. The lowest BCUT2D eigenvalue weighted by Crippen LogP contribution is -2.27. The summed E-state index contributed by atoms with van der Waals surface area (Å²) in [6.07, 6.45) is 2.52. The zero-order chi connectivity index (χ0) is 11.8. The maximum absolute atomic E-state index is 11.2. The number of benzene rings is 1. The Kier molecular flexibility index (Phi) is 2.58. The summed E-state index contributed by atoms with van der Waals surface area (Å²) in [6, 6.07) is 10.1. The standard InChI is InChI=1S/C14H16O2/c1-3-14(2,13(15)16)12-9-11(12)10-7-5-4-6-8-10/h3-8,11-12H,1,9H2,2H3,(H,15,16). The number of aliphatic carboxylic acids is 1. The van der Waals surface area contributed by atoms with E-state index in [4.69, 9.17) is 0 Å². The molecule has 1 saturated carbocycles. The predicted octanol–water partition coefficient (Wildman–Crippen LogP) is 3.07. The molecule has 0 heterocycles. The van der Waals surface area contributed by atoms with Crippen LogP contribution in [0.2, 0.25) is 0 Å². The molecule has 84 valence electrons. The molecular formula is C14H16O2. The van der Waals surface area contributed by atoms with Crippen LogP contribution in [0.3, 0.4) is 0 Å². The third kappa shape index (κ3) is 1.64. The lowest BCUT2D eigenvalue weighted by molar-refractivity contribution is -0.146. The summed E-state index contributed by atoms with van der Waals surface area (Å²) in [4.78, 5) is 11.2. The van der Waals surface area contributed by atoms with Crippen molar-refractivity contribution in [1.82, 2.24) is 0 Å². The van der Waals surface area contributed by atoms with Gasteiger partial charge in [0.25, 0.3) is 0 Å². The van der Waals surface area contributed by atoms with Gasteiger partial charge in [-0.05, 0) is 30.7 Å². The van der Waals surface area contributed by atoms with Crippen LogP contribution in [0.1, 0.15) is 24.8 Å². The second-order valence-corrected chi connectivity index (χ2v) is 4.65. The summed E-state index contributed by atoms with van der Waals surface area (Å²) < 4.78 is 0.